The van der Waals surface area contributed by atoms with E-state index >= 15 is 0 Å². The summed E-state index contributed by atoms with van der Waals surface area (Å²) in [5, 5.41) is 1.93. The zero-order chi connectivity index (χ0) is 17.2. The van der Waals surface area contributed by atoms with Gasteiger partial charge in [-0.1, -0.05) is 17.7 Å². The summed E-state index contributed by atoms with van der Waals surface area (Å²) in [6.45, 7) is 0.266. The summed E-state index contributed by atoms with van der Waals surface area (Å²) in [6.07, 6.45) is 0. The second-order valence-electron chi connectivity index (χ2n) is 4.85. The first-order valence-corrected chi connectivity index (χ1v) is 10.5. The highest BCUT2D eigenvalue weighted by atomic mass is 35.5. The first kappa shape index (κ1) is 17.3. The highest BCUT2D eigenvalue weighted by molar-refractivity contribution is 7.94. The van der Waals surface area contributed by atoms with Gasteiger partial charge in [-0.3, -0.25) is 4.31 Å². The van der Waals surface area contributed by atoms with E-state index in [0.717, 1.165) is 16.2 Å². The van der Waals surface area contributed by atoms with Gasteiger partial charge in [-0.25, -0.2) is 8.42 Å². The second-order valence-corrected chi connectivity index (χ2v) is 9.68. The van der Waals surface area contributed by atoms with Crippen LogP contribution >= 0.6 is 34.3 Å². The van der Waals surface area contributed by atoms with Crippen LogP contribution in [0.2, 0.25) is 4.34 Å². The highest BCUT2D eigenvalue weighted by Crippen LogP contribution is 2.33. The third-order valence-corrected chi connectivity index (χ3v) is 7.67. The number of thiophene rings is 2. The molecule has 0 aliphatic carbocycles. The minimum Gasteiger partial charge on any atom is -0.497 e. The molecule has 3 rings (SSSR count). The maximum atomic E-state index is 13.1. The minimum absolute atomic E-state index is 0.222. The molecule has 2 aromatic heterocycles. The van der Waals surface area contributed by atoms with Gasteiger partial charge in [0.1, 0.15) is 9.96 Å². The summed E-state index contributed by atoms with van der Waals surface area (Å²) in [7, 11) is -2.12. The molecule has 0 atom stereocenters. The Morgan fingerprint density at radius 2 is 1.88 bits per heavy atom. The van der Waals surface area contributed by atoms with Gasteiger partial charge >= 0.3 is 0 Å². The van der Waals surface area contributed by atoms with E-state index in [1.807, 2.05) is 17.5 Å². The van der Waals surface area contributed by atoms with Gasteiger partial charge in [0.05, 0.1) is 23.7 Å². The number of benzene rings is 1. The van der Waals surface area contributed by atoms with Crippen molar-refractivity contribution < 1.29 is 13.2 Å². The number of halogens is 1. The molecule has 0 saturated carbocycles. The fourth-order valence-electron chi connectivity index (χ4n) is 2.15. The predicted octanol–water partition coefficient (Wildman–Crippen LogP) is 4.87. The summed E-state index contributed by atoms with van der Waals surface area (Å²) >= 11 is 8.49. The molecule has 24 heavy (non-hydrogen) atoms. The summed E-state index contributed by atoms with van der Waals surface area (Å²) in [5.41, 5.74) is 0.578. The van der Waals surface area contributed by atoms with Crippen LogP contribution in [-0.2, 0) is 16.6 Å². The third-order valence-electron chi connectivity index (χ3n) is 3.33. The van der Waals surface area contributed by atoms with Crippen molar-refractivity contribution >= 4 is 50.0 Å². The van der Waals surface area contributed by atoms with Gasteiger partial charge in [0, 0.05) is 4.88 Å². The molecule has 0 spiro atoms. The van der Waals surface area contributed by atoms with Gasteiger partial charge in [-0.15, -0.1) is 22.7 Å². The maximum Gasteiger partial charge on any atom is 0.274 e. The van der Waals surface area contributed by atoms with Gasteiger partial charge < -0.3 is 4.74 Å². The van der Waals surface area contributed by atoms with Gasteiger partial charge in [0.15, 0.2) is 0 Å². The first-order valence-electron chi connectivity index (χ1n) is 6.95. The molecule has 0 fully saturated rings. The lowest BCUT2D eigenvalue weighted by Gasteiger charge is -2.23. The Bertz CT molecular complexity index is 902. The van der Waals surface area contributed by atoms with Gasteiger partial charge in [0.2, 0.25) is 0 Å². The zero-order valence-electron chi connectivity index (χ0n) is 12.7. The maximum absolute atomic E-state index is 13.1. The van der Waals surface area contributed by atoms with Crippen molar-refractivity contribution in [2.24, 2.45) is 0 Å². The Balaban J connectivity index is 2.03. The summed E-state index contributed by atoms with van der Waals surface area (Å²) in [6, 6.07) is 13.9. The van der Waals surface area contributed by atoms with Crippen molar-refractivity contribution in [3.63, 3.8) is 0 Å². The molecule has 1 aromatic carbocycles. The van der Waals surface area contributed by atoms with E-state index in [2.05, 4.69) is 0 Å². The lowest BCUT2D eigenvalue weighted by atomic mass is 10.3. The molecule has 126 valence electrons. The molecular formula is C16H14ClNO3S3. The molecule has 0 amide bonds. The molecule has 0 radical (unpaired) electrons. The quantitative estimate of drug-likeness (QED) is 0.594. The molecule has 0 bridgehead atoms. The Labute approximate surface area is 153 Å². The van der Waals surface area contributed by atoms with Crippen LogP contribution in [0, 0.1) is 0 Å². The lowest BCUT2D eigenvalue weighted by molar-refractivity contribution is 0.415. The van der Waals surface area contributed by atoms with E-state index < -0.39 is 10.0 Å². The van der Waals surface area contributed by atoms with Crippen molar-refractivity contribution in [2.75, 3.05) is 11.4 Å². The molecule has 2 heterocycles. The number of rotatable bonds is 6. The number of hydrogen-bond donors (Lipinski definition) is 0. The number of hydrogen-bond acceptors (Lipinski definition) is 5. The summed E-state index contributed by atoms with van der Waals surface area (Å²) < 4.78 is 33.4. The van der Waals surface area contributed by atoms with Crippen molar-refractivity contribution in [1.29, 1.82) is 0 Å². The van der Waals surface area contributed by atoms with Crippen molar-refractivity contribution in [1.82, 2.24) is 0 Å². The van der Waals surface area contributed by atoms with Crippen LogP contribution in [0.5, 0.6) is 5.75 Å². The van der Waals surface area contributed by atoms with Crippen LogP contribution in [0.25, 0.3) is 0 Å². The number of ether oxygens (including phenoxy) is 1. The first-order chi connectivity index (χ1) is 11.5. The average Bonchev–Trinajstić information content (AvgIpc) is 3.24. The molecule has 0 saturated heterocycles. The van der Waals surface area contributed by atoms with E-state index in [-0.39, 0.29) is 10.8 Å². The Kier molecular flexibility index (Phi) is 5.15. The minimum atomic E-state index is -3.70. The number of methoxy groups -OCH3 is 1. The van der Waals surface area contributed by atoms with E-state index in [1.54, 1.807) is 37.4 Å². The number of anilines is 1. The lowest BCUT2D eigenvalue weighted by Crippen LogP contribution is -2.29. The van der Waals surface area contributed by atoms with Gasteiger partial charge in [0.25, 0.3) is 10.0 Å². The van der Waals surface area contributed by atoms with Crippen LogP contribution in [0.1, 0.15) is 4.88 Å². The summed E-state index contributed by atoms with van der Waals surface area (Å²) in [4.78, 5) is 0.956. The van der Waals surface area contributed by atoms with E-state index in [9.17, 15) is 8.42 Å². The Morgan fingerprint density at radius 1 is 1.12 bits per heavy atom. The molecule has 0 aliphatic rings. The number of nitrogens with zero attached hydrogens (tertiary/aromatic N) is 1. The monoisotopic (exact) mass is 399 g/mol. The fraction of sp³-hybridized carbons (Fsp3) is 0.125. The standard InChI is InChI=1S/C16H14ClNO3S3/c1-21-13-6-4-12(5-7-13)18(11-14-3-2-10-22-14)24(19,20)16-9-8-15(17)23-16/h2-10H,11H2,1H3. The molecule has 4 nitrogen and oxygen atoms in total. The zero-order valence-corrected chi connectivity index (χ0v) is 15.9. The van der Waals surface area contributed by atoms with E-state index in [4.69, 9.17) is 16.3 Å². The van der Waals surface area contributed by atoms with Gasteiger partial charge in [-0.05, 0) is 47.8 Å². The largest absolute Gasteiger partial charge is 0.497 e. The van der Waals surface area contributed by atoms with Crippen molar-refractivity contribution in [2.45, 2.75) is 10.8 Å². The fourth-order valence-corrected chi connectivity index (χ4v) is 5.97. The smallest absolute Gasteiger partial charge is 0.274 e. The topological polar surface area (TPSA) is 46.6 Å². The van der Waals surface area contributed by atoms with Gasteiger partial charge in [-0.2, -0.15) is 0 Å². The molecule has 3 aromatic rings. The van der Waals surface area contributed by atoms with Crippen molar-refractivity contribution in [3.8, 4) is 5.75 Å². The van der Waals surface area contributed by atoms with E-state index in [1.165, 1.54) is 21.7 Å². The summed E-state index contributed by atoms with van der Waals surface area (Å²) in [5.74, 6) is 0.673. The third kappa shape index (κ3) is 3.59. The van der Waals surface area contributed by atoms with Crippen LogP contribution in [0.3, 0.4) is 0 Å². The van der Waals surface area contributed by atoms with Crippen LogP contribution in [-0.4, -0.2) is 15.5 Å². The van der Waals surface area contributed by atoms with E-state index in [0.29, 0.717) is 15.8 Å². The SMILES string of the molecule is COc1ccc(N(Cc2cccs2)S(=O)(=O)c2ccc(Cl)s2)cc1. The Hall–Kier alpha value is -1.54. The Morgan fingerprint density at radius 3 is 2.42 bits per heavy atom. The predicted molar refractivity (Wildman–Crippen MR) is 100 cm³/mol. The van der Waals surface area contributed by atoms with Crippen LogP contribution in [0.4, 0.5) is 5.69 Å². The second kappa shape index (κ2) is 7.14. The highest BCUT2D eigenvalue weighted by Gasteiger charge is 2.27. The molecular weight excluding hydrogens is 386 g/mol. The normalized spacial score (nSPS) is 11.4. The molecule has 0 aliphatic heterocycles. The number of sulfonamides is 1. The van der Waals surface area contributed by atoms with Crippen LogP contribution < -0.4 is 9.04 Å². The average molecular weight is 400 g/mol. The molecule has 0 unspecified atom stereocenters. The van der Waals surface area contributed by atoms with Crippen molar-refractivity contribution in [3.05, 3.63) is 63.1 Å². The molecule has 0 N–H and O–H groups in total. The molecule has 8 heteroatoms. The van der Waals surface area contributed by atoms with Crippen LogP contribution in [0.15, 0.2) is 58.1 Å².